The molecule has 4 heterocycles. The van der Waals surface area contributed by atoms with Crippen molar-refractivity contribution >= 4 is 0 Å². The molecule has 0 saturated carbocycles. The lowest BCUT2D eigenvalue weighted by atomic mass is 10.1. The highest BCUT2D eigenvalue weighted by Gasteiger charge is 2.30. The fourth-order valence-electron chi connectivity index (χ4n) is 4.16. The van der Waals surface area contributed by atoms with Crippen LogP contribution in [0.25, 0.3) is 22.5 Å². The van der Waals surface area contributed by atoms with Gasteiger partial charge in [0.2, 0.25) is 0 Å². The lowest BCUT2D eigenvalue weighted by Crippen LogP contribution is -2.13. The molecule has 1 aromatic carbocycles. The molecule has 1 aliphatic rings. The van der Waals surface area contributed by atoms with Crippen LogP contribution >= 0.6 is 0 Å². The van der Waals surface area contributed by atoms with E-state index in [2.05, 4.69) is 14.5 Å². The molecule has 156 valence electrons. The van der Waals surface area contributed by atoms with Crippen LogP contribution in [0.4, 0.5) is 0 Å². The molecule has 0 saturated heterocycles. The molecule has 6 nitrogen and oxygen atoms in total. The van der Waals surface area contributed by atoms with Gasteiger partial charge < -0.3 is 14.0 Å². The maximum Gasteiger partial charge on any atom is 0.118 e. The number of rotatable bonds is 7. The molecule has 0 aliphatic carbocycles. The van der Waals surface area contributed by atoms with Gasteiger partial charge in [-0.05, 0) is 48.4 Å². The van der Waals surface area contributed by atoms with E-state index in [1.54, 1.807) is 7.11 Å². The molecular formula is C25H24N4O2. The van der Waals surface area contributed by atoms with Crippen LogP contribution < -0.4 is 4.74 Å². The first-order chi connectivity index (χ1) is 15.3. The third-order valence-electron chi connectivity index (χ3n) is 5.70. The standard InChI is InChI=1S/C25H24N4O2/c1-30-22-5-2-18(3-6-22)16-31-17-21-4-7-23-28-24(19-8-12-26-13-9-19)25(29(21)23)20-10-14-27-15-11-20/h2-3,5-6,8-15,21H,4,7,16-17H2,1H3/t21-/m0/s1. The third-order valence-corrected chi connectivity index (χ3v) is 5.70. The van der Waals surface area contributed by atoms with Crippen LogP contribution in [-0.2, 0) is 17.8 Å². The maximum atomic E-state index is 6.13. The van der Waals surface area contributed by atoms with Gasteiger partial charge in [-0.15, -0.1) is 0 Å². The van der Waals surface area contributed by atoms with E-state index in [4.69, 9.17) is 14.5 Å². The van der Waals surface area contributed by atoms with Crippen LogP contribution in [0.5, 0.6) is 5.75 Å². The van der Waals surface area contributed by atoms with Crippen LogP contribution in [0.3, 0.4) is 0 Å². The van der Waals surface area contributed by atoms with Gasteiger partial charge in [-0.2, -0.15) is 0 Å². The van der Waals surface area contributed by atoms with E-state index in [1.165, 1.54) is 0 Å². The Kier molecular flexibility index (Phi) is 5.46. The summed E-state index contributed by atoms with van der Waals surface area (Å²) in [6.45, 7) is 1.22. The summed E-state index contributed by atoms with van der Waals surface area (Å²) in [6.07, 6.45) is 9.25. The van der Waals surface area contributed by atoms with E-state index in [1.807, 2.05) is 73.3 Å². The molecular weight excluding hydrogens is 388 g/mol. The average molecular weight is 412 g/mol. The number of aryl methyl sites for hydroxylation is 1. The summed E-state index contributed by atoms with van der Waals surface area (Å²) < 4.78 is 13.7. The second-order valence-corrected chi connectivity index (χ2v) is 7.62. The van der Waals surface area contributed by atoms with Crippen LogP contribution in [0.2, 0.25) is 0 Å². The van der Waals surface area contributed by atoms with Crippen LogP contribution in [0, 0.1) is 0 Å². The van der Waals surface area contributed by atoms with Crippen molar-refractivity contribution in [3.63, 3.8) is 0 Å². The van der Waals surface area contributed by atoms with E-state index in [0.29, 0.717) is 13.2 Å². The average Bonchev–Trinajstić information content (AvgIpc) is 3.40. The summed E-state index contributed by atoms with van der Waals surface area (Å²) in [4.78, 5) is 13.4. The van der Waals surface area contributed by atoms with Crippen LogP contribution in [0.15, 0.2) is 73.3 Å². The Hall–Kier alpha value is -3.51. The van der Waals surface area contributed by atoms with Crippen molar-refractivity contribution in [2.24, 2.45) is 0 Å². The largest absolute Gasteiger partial charge is 0.497 e. The molecule has 5 rings (SSSR count). The smallest absolute Gasteiger partial charge is 0.118 e. The minimum Gasteiger partial charge on any atom is -0.497 e. The Morgan fingerprint density at radius 2 is 1.58 bits per heavy atom. The Bertz CT molecular complexity index is 1140. The SMILES string of the molecule is COc1ccc(COC[C@@H]2CCc3nc(-c4ccncc4)c(-c4ccncc4)n32)cc1. The van der Waals surface area contributed by atoms with Crippen molar-refractivity contribution in [1.82, 2.24) is 19.5 Å². The number of ether oxygens (including phenoxy) is 2. The van der Waals surface area contributed by atoms with Crippen molar-refractivity contribution in [1.29, 1.82) is 0 Å². The number of hydrogen-bond acceptors (Lipinski definition) is 5. The zero-order valence-electron chi connectivity index (χ0n) is 17.4. The number of hydrogen-bond donors (Lipinski definition) is 0. The number of fused-ring (bicyclic) bond motifs is 1. The molecule has 1 atom stereocenters. The van der Waals surface area contributed by atoms with Gasteiger partial charge in [-0.3, -0.25) is 9.97 Å². The topological polar surface area (TPSA) is 62.1 Å². The molecule has 0 spiro atoms. The van der Waals surface area contributed by atoms with Crippen molar-refractivity contribution in [2.45, 2.75) is 25.5 Å². The van der Waals surface area contributed by atoms with Crippen molar-refractivity contribution in [2.75, 3.05) is 13.7 Å². The number of pyridine rings is 2. The molecule has 0 radical (unpaired) electrons. The second kappa shape index (κ2) is 8.70. The zero-order chi connectivity index (χ0) is 21.0. The van der Waals surface area contributed by atoms with Gasteiger partial charge in [0.05, 0.1) is 37.8 Å². The van der Waals surface area contributed by atoms with E-state index in [9.17, 15) is 0 Å². The van der Waals surface area contributed by atoms with Gasteiger partial charge >= 0.3 is 0 Å². The predicted molar refractivity (Wildman–Crippen MR) is 119 cm³/mol. The number of aromatic nitrogens is 4. The first kappa shape index (κ1) is 19.5. The van der Waals surface area contributed by atoms with E-state index >= 15 is 0 Å². The number of methoxy groups -OCH3 is 1. The van der Waals surface area contributed by atoms with Gasteiger partial charge in [0.25, 0.3) is 0 Å². The third kappa shape index (κ3) is 3.94. The Morgan fingerprint density at radius 3 is 2.26 bits per heavy atom. The molecule has 0 amide bonds. The molecule has 31 heavy (non-hydrogen) atoms. The molecule has 0 N–H and O–H groups in total. The minimum atomic E-state index is 0.250. The molecule has 0 unspecified atom stereocenters. The van der Waals surface area contributed by atoms with Gasteiger partial charge in [-0.1, -0.05) is 12.1 Å². The van der Waals surface area contributed by atoms with Crippen molar-refractivity contribution in [3.8, 4) is 28.3 Å². The molecule has 0 fully saturated rings. The molecule has 4 aromatic rings. The Balaban J connectivity index is 1.42. The lowest BCUT2D eigenvalue weighted by molar-refractivity contribution is 0.0925. The van der Waals surface area contributed by atoms with Gasteiger partial charge in [0.1, 0.15) is 11.6 Å². The monoisotopic (exact) mass is 412 g/mol. The quantitative estimate of drug-likeness (QED) is 0.440. The normalized spacial score (nSPS) is 15.1. The summed E-state index contributed by atoms with van der Waals surface area (Å²) in [5.41, 5.74) is 5.43. The van der Waals surface area contributed by atoms with E-state index < -0.39 is 0 Å². The highest BCUT2D eigenvalue weighted by Crippen LogP contribution is 2.39. The van der Waals surface area contributed by atoms with Crippen molar-refractivity contribution in [3.05, 3.63) is 84.7 Å². The van der Waals surface area contributed by atoms with Gasteiger partial charge in [0, 0.05) is 42.3 Å². The van der Waals surface area contributed by atoms with Crippen LogP contribution in [0.1, 0.15) is 23.9 Å². The summed E-state index contributed by atoms with van der Waals surface area (Å²) in [5.74, 6) is 1.96. The predicted octanol–water partition coefficient (Wildman–Crippen LogP) is 4.72. The fourth-order valence-corrected chi connectivity index (χ4v) is 4.16. The number of nitrogens with zero attached hydrogens (tertiary/aromatic N) is 4. The molecule has 6 heteroatoms. The lowest BCUT2D eigenvalue weighted by Gasteiger charge is -2.18. The Morgan fingerprint density at radius 1 is 0.903 bits per heavy atom. The van der Waals surface area contributed by atoms with Gasteiger partial charge in [0.15, 0.2) is 0 Å². The summed E-state index contributed by atoms with van der Waals surface area (Å²) >= 11 is 0. The molecule has 1 aliphatic heterocycles. The zero-order valence-corrected chi connectivity index (χ0v) is 17.4. The second-order valence-electron chi connectivity index (χ2n) is 7.62. The maximum absolute atomic E-state index is 6.13. The molecule has 3 aromatic heterocycles. The first-order valence-electron chi connectivity index (χ1n) is 10.5. The van der Waals surface area contributed by atoms with E-state index in [0.717, 1.165) is 52.5 Å². The number of benzene rings is 1. The van der Waals surface area contributed by atoms with Gasteiger partial charge in [-0.25, -0.2) is 4.98 Å². The minimum absolute atomic E-state index is 0.250. The van der Waals surface area contributed by atoms with Crippen LogP contribution in [-0.4, -0.2) is 33.2 Å². The van der Waals surface area contributed by atoms with Crippen molar-refractivity contribution < 1.29 is 9.47 Å². The molecule has 0 bridgehead atoms. The Labute approximate surface area is 181 Å². The van der Waals surface area contributed by atoms with E-state index in [-0.39, 0.29) is 6.04 Å². The number of imidazole rings is 1. The summed E-state index contributed by atoms with van der Waals surface area (Å²) in [6, 6.07) is 16.4. The highest BCUT2D eigenvalue weighted by molar-refractivity contribution is 5.79. The fraction of sp³-hybridized carbons (Fsp3) is 0.240. The highest BCUT2D eigenvalue weighted by atomic mass is 16.5. The summed E-state index contributed by atoms with van der Waals surface area (Å²) in [7, 11) is 1.68. The first-order valence-corrected chi connectivity index (χ1v) is 10.5. The summed E-state index contributed by atoms with van der Waals surface area (Å²) in [5, 5.41) is 0.